The number of carbonyl (C=O) groups excluding carboxylic acids is 5. The summed E-state index contributed by atoms with van der Waals surface area (Å²) in [5.74, 6) is -3.43. The standard InChI is InChI=1S/C31H33N5O5/c1-2-19-14-26(36(18-19)31(41)25-15-21-10-6-7-11-23(21)34-25)29(39)35-24(16-22-12-13-32-28(22)38)27(37)30(40)33-17-20-8-4-3-5-9-20/h2-11,15,19,22,24,26,34H,1,12-14,16-18H2,(H,32,38)(H,33,40)(H,35,39)/t19-,22+,24+,26+/m1/s1. The summed E-state index contributed by atoms with van der Waals surface area (Å²) < 4.78 is 0. The number of Topliss-reactive ketones (excluding diaryl/α,β-unsaturated/α-hetero) is 1. The van der Waals surface area contributed by atoms with Crippen LogP contribution in [0.1, 0.15) is 35.3 Å². The van der Waals surface area contributed by atoms with Crippen molar-refractivity contribution in [1.29, 1.82) is 0 Å². The number of carbonyl (C=O) groups is 5. The van der Waals surface area contributed by atoms with Gasteiger partial charge in [0.2, 0.25) is 17.6 Å². The summed E-state index contributed by atoms with van der Waals surface area (Å²) in [7, 11) is 0. The van der Waals surface area contributed by atoms with Crippen LogP contribution in [0.5, 0.6) is 0 Å². The molecule has 41 heavy (non-hydrogen) atoms. The molecule has 4 atom stereocenters. The number of hydrogen-bond donors (Lipinski definition) is 4. The van der Waals surface area contributed by atoms with Gasteiger partial charge >= 0.3 is 0 Å². The first-order valence-electron chi connectivity index (χ1n) is 13.8. The van der Waals surface area contributed by atoms with Gasteiger partial charge in [0.15, 0.2) is 0 Å². The minimum atomic E-state index is -1.22. The molecular weight excluding hydrogens is 522 g/mol. The van der Waals surface area contributed by atoms with Crippen molar-refractivity contribution in [2.45, 2.75) is 37.9 Å². The van der Waals surface area contributed by atoms with Gasteiger partial charge in [0, 0.05) is 36.5 Å². The predicted octanol–water partition coefficient (Wildman–Crippen LogP) is 2.08. The summed E-state index contributed by atoms with van der Waals surface area (Å²) in [6.07, 6.45) is 2.52. The highest BCUT2D eigenvalue weighted by Gasteiger charge is 2.42. The molecule has 2 aromatic carbocycles. The molecule has 2 aliphatic heterocycles. The van der Waals surface area contributed by atoms with Gasteiger partial charge in [-0.25, -0.2) is 0 Å². The van der Waals surface area contributed by atoms with Gasteiger partial charge in [-0.3, -0.25) is 24.0 Å². The summed E-state index contributed by atoms with van der Waals surface area (Å²) in [5.41, 5.74) is 1.97. The van der Waals surface area contributed by atoms with Gasteiger partial charge in [0.1, 0.15) is 11.7 Å². The molecule has 2 saturated heterocycles. The van der Waals surface area contributed by atoms with Crippen molar-refractivity contribution in [2.75, 3.05) is 13.1 Å². The number of fused-ring (bicyclic) bond motifs is 1. The Morgan fingerprint density at radius 1 is 1.07 bits per heavy atom. The van der Waals surface area contributed by atoms with Crippen LogP contribution in [0.4, 0.5) is 0 Å². The molecule has 1 aromatic heterocycles. The molecule has 0 saturated carbocycles. The molecule has 0 aliphatic carbocycles. The lowest BCUT2D eigenvalue weighted by molar-refractivity contribution is -0.141. The summed E-state index contributed by atoms with van der Waals surface area (Å²) in [4.78, 5) is 70.3. The van der Waals surface area contributed by atoms with Gasteiger partial charge < -0.3 is 25.8 Å². The molecule has 2 aliphatic rings. The van der Waals surface area contributed by atoms with Crippen LogP contribution in [0.2, 0.25) is 0 Å². The average Bonchev–Trinajstić information content (AvgIpc) is 3.73. The van der Waals surface area contributed by atoms with Crippen LogP contribution in [0.3, 0.4) is 0 Å². The number of aromatic amines is 1. The maximum Gasteiger partial charge on any atom is 0.289 e. The zero-order chi connectivity index (χ0) is 28.9. The topological polar surface area (TPSA) is 140 Å². The number of aromatic nitrogens is 1. The second kappa shape index (κ2) is 12.2. The molecule has 0 bridgehead atoms. The van der Waals surface area contributed by atoms with Gasteiger partial charge in [-0.1, -0.05) is 54.6 Å². The van der Waals surface area contributed by atoms with Crippen LogP contribution in [0.25, 0.3) is 10.9 Å². The minimum absolute atomic E-state index is 0.0112. The van der Waals surface area contributed by atoms with E-state index in [9.17, 15) is 24.0 Å². The van der Waals surface area contributed by atoms with Gasteiger partial charge in [-0.2, -0.15) is 0 Å². The number of rotatable bonds is 10. The first kappa shape index (κ1) is 27.8. The number of nitrogens with zero attached hydrogens (tertiary/aromatic N) is 1. The van der Waals surface area contributed by atoms with E-state index in [2.05, 4.69) is 27.5 Å². The highest BCUT2D eigenvalue weighted by atomic mass is 16.2. The van der Waals surface area contributed by atoms with E-state index in [0.717, 1.165) is 16.5 Å². The molecular formula is C31H33N5O5. The highest BCUT2D eigenvalue weighted by molar-refractivity contribution is 6.38. The van der Waals surface area contributed by atoms with Gasteiger partial charge in [-0.05, 0) is 42.9 Å². The quantitative estimate of drug-likeness (QED) is 0.224. The SMILES string of the molecule is C=C[C@@H]1C[C@@H](C(=O)N[C@@H](C[C@@H]2CCNC2=O)C(=O)C(=O)NCc2ccccc2)N(C(=O)c2cc3ccccc3[nH]2)C1. The van der Waals surface area contributed by atoms with Crippen molar-refractivity contribution < 1.29 is 24.0 Å². The number of nitrogens with one attached hydrogen (secondary N) is 4. The number of amides is 4. The monoisotopic (exact) mass is 555 g/mol. The molecule has 5 rings (SSSR count). The lowest BCUT2D eigenvalue weighted by Gasteiger charge is -2.26. The molecule has 212 valence electrons. The van der Waals surface area contributed by atoms with Crippen LogP contribution in [0.15, 0.2) is 73.3 Å². The third-order valence-electron chi connectivity index (χ3n) is 7.83. The zero-order valence-electron chi connectivity index (χ0n) is 22.6. The molecule has 2 fully saturated rings. The van der Waals surface area contributed by atoms with E-state index in [-0.39, 0.29) is 37.2 Å². The largest absolute Gasteiger partial charge is 0.356 e. The normalized spacial score (nSPS) is 20.8. The Kier molecular flexibility index (Phi) is 8.28. The first-order chi connectivity index (χ1) is 19.8. The zero-order valence-corrected chi connectivity index (χ0v) is 22.6. The first-order valence-corrected chi connectivity index (χ1v) is 13.8. The molecule has 0 spiro atoms. The lowest BCUT2D eigenvalue weighted by atomic mass is 9.94. The van der Waals surface area contributed by atoms with Crippen LogP contribution < -0.4 is 16.0 Å². The van der Waals surface area contributed by atoms with Crippen LogP contribution in [-0.2, 0) is 25.7 Å². The highest BCUT2D eigenvalue weighted by Crippen LogP contribution is 2.28. The van der Waals surface area contributed by atoms with Crippen molar-refractivity contribution in [3.63, 3.8) is 0 Å². The van der Waals surface area contributed by atoms with E-state index in [4.69, 9.17) is 0 Å². The smallest absolute Gasteiger partial charge is 0.289 e. The Balaban J connectivity index is 1.33. The fourth-order valence-electron chi connectivity index (χ4n) is 5.53. The van der Waals surface area contributed by atoms with Crippen molar-refractivity contribution in [2.24, 2.45) is 11.8 Å². The molecule has 0 unspecified atom stereocenters. The second-order valence-corrected chi connectivity index (χ2v) is 10.6. The van der Waals surface area contributed by atoms with E-state index in [0.29, 0.717) is 25.1 Å². The van der Waals surface area contributed by atoms with Crippen molar-refractivity contribution in [3.05, 3.63) is 84.6 Å². The minimum Gasteiger partial charge on any atom is -0.356 e. The number of ketones is 1. The van der Waals surface area contributed by atoms with Gasteiger partial charge in [0.05, 0.1) is 6.04 Å². The van der Waals surface area contributed by atoms with E-state index in [1.165, 1.54) is 4.90 Å². The van der Waals surface area contributed by atoms with Gasteiger partial charge in [0.25, 0.3) is 11.8 Å². The molecule has 0 radical (unpaired) electrons. The molecule has 4 amide bonds. The van der Waals surface area contributed by atoms with Crippen LogP contribution >= 0.6 is 0 Å². The Bertz CT molecular complexity index is 1450. The number of likely N-dealkylation sites (tertiary alicyclic amines) is 1. The average molecular weight is 556 g/mol. The van der Waals surface area contributed by atoms with E-state index >= 15 is 0 Å². The maximum atomic E-state index is 13.7. The maximum absolute atomic E-state index is 13.7. The number of H-pyrrole nitrogens is 1. The third-order valence-corrected chi connectivity index (χ3v) is 7.83. The fourth-order valence-corrected chi connectivity index (χ4v) is 5.53. The molecule has 4 N–H and O–H groups in total. The van der Waals surface area contributed by atoms with E-state index in [1.807, 2.05) is 54.6 Å². The number of para-hydroxylation sites is 1. The number of hydrogen-bond acceptors (Lipinski definition) is 5. The van der Waals surface area contributed by atoms with Crippen molar-refractivity contribution >= 4 is 40.3 Å². The molecule has 10 nitrogen and oxygen atoms in total. The predicted molar refractivity (Wildman–Crippen MR) is 152 cm³/mol. The van der Waals surface area contributed by atoms with Crippen molar-refractivity contribution in [3.8, 4) is 0 Å². The van der Waals surface area contributed by atoms with Crippen LogP contribution in [0, 0.1) is 11.8 Å². The Labute approximate surface area is 237 Å². The molecule has 3 aromatic rings. The van der Waals surface area contributed by atoms with E-state index < -0.39 is 35.6 Å². The summed E-state index contributed by atoms with van der Waals surface area (Å²) in [5, 5.41) is 8.94. The Morgan fingerprint density at radius 2 is 1.83 bits per heavy atom. The Hall–Kier alpha value is -4.73. The van der Waals surface area contributed by atoms with Gasteiger partial charge in [-0.15, -0.1) is 6.58 Å². The summed E-state index contributed by atoms with van der Waals surface area (Å²) in [6, 6.07) is 16.3. The van der Waals surface area contributed by atoms with Crippen molar-refractivity contribution in [1.82, 2.24) is 25.8 Å². The summed E-state index contributed by atoms with van der Waals surface area (Å²) >= 11 is 0. The molecule has 10 heteroatoms. The molecule has 3 heterocycles. The second-order valence-electron chi connectivity index (χ2n) is 10.6. The Morgan fingerprint density at radius 3 is 2.54 bits per heavy atom. The van der Waals surface area contributed by atoms with E-state index in [1.54, 1.807) is 12.1 Å². The fraction of sp³-hybridized carbons (Fsp3) is 0.323. The number of benzene rings is 2. The summed E-state index contributed by atoms with van der Waals surface area (Å²) in [6.45, 7) is 4.74. The third kappa shape index (κ3) is 6.21. The van der Waals surface area contributed by atoms with Crippen LogP contribution in [-0.4, -0.2) is 64.5 Å². The lowest BCUT2D eigenvalue weighted by Crippen LogP contribution is -2.54.